The van der Waals surface area contributed by atoms with Gasteiger partial charge in [-0.05, 0) is 56.9 Å². The second-order valence-electron chi connectivity index (χ2n) is 6.47. The van der Waals surface area contributed by atoms with Crippen LogP contribution in [0.4, 0.5) is 5.69 Å². The van der Waals surface area contributed by atoms with E-state index >= 15 is 0 Å². The van der Waals surface area contributed by atoms with Crippen molar-refractivity contribution >= 4 is 29.1 Å². The summed E-state index contributed by atoms with van der Waals surface area (Å²) in [5, 5.41) is 10.5. The molecule has 0 unspecified atom stereocenters. The van der Waals surface area contributed by atoms with Crippen LogP contribution in [-0.2, 0) is 16.0 Å². The fourth-order valence-electron chi connectivity index (χ4n) is 2.77. The van der Waals surface area contributed by atoms with Crippen LogP contribution in [-0.4, -0.2) is 40.5 Å². The number of nitrogens with one attached hydrogen (secondary N) is 2. The Morgan fingerprint density at radius 2 is 2.00 bits per heavy atom. The summed E-state index contributed by atoms with van der Waals surface area (Å²) in [7, 11) is 1.72. The lowest BCUT2D eigenvalue weighted by Gasteiger charge is -2.17. The summed E-state index contributed by atoms with van der Waals surface area (Å²) in [6, 6.07) is 5.29. The fourth-order valence-corrected chi connectivity index (χ4v) is 2.94. The first-order valence-electron chi connectivity index (χ1n) is 8.59. The average molecular weight is 377 g/mol. The van der Waals surface area contributed by atoms with Gasteiger partial charge in [0.25, 0.3) is 0 Å². The first-order chi connectivity index (χ1) is 12.3. The number of benzene rings is 1. The van der Waals surface area contributed by atoms with Gasteiger partial charge in [0.05, 0.1) is 5.69 Å². The van der Waals surface area contributed by atoms with E-state index < -0.39 is 0 Å². The molecule has 0 saturated heterocycles. The van der Waals surface area contributed by atoms with Crippen molar-refractivity contribution in [1.82, 2.24) is 15.1 Å². The zero-order chi connectivity index (χ0) is 19.3. The van der Waals surface area contributed by atoms with Crippen molar-refractivity contribution < 1.29 is 9.59 Å². The van der Waals surface area contributed by atoms with Crippen LogP contribution < -0.4 is 5.32 Å². The third-order valence-corrected chi connectivity index (χ3v) is 4.89. The zero-order valence-electron chi connectivity index (χ0n) is 15.6. The third kappa shape index (κ3) is 5.08. The predicted octanol–water partition coefficient (Wildman–Crippen LogP) is 3.41. The van der Waals surface area contributed by atoms with Gasteiger partial charge in [-0.15, -0.1) is 0 Å². The van der Waals surface area contributed by atoms with E-state index in [1.807, 2.05) is 20.8 Å². The molecular weight excluding hydrogens is 352 g/mol. The van der Waals surface area contributed by atoms with Crippen molar-refractivity contribution in [3.05, 3.63) is 45.7 Å². The molecule has 6 nitrogen and oxygen atoms in total. The molecule has 0 saturated carbocycles. The quantitative estimate of drug-likeness (QED) is 0.727. The summed E-state index contributed by atoms with van der Waals surface area (Å²) in [4.78, 5) is 26.0. The Hall–Kier alpha value is -2.34. The van der Waals surface area contributed by atoms with Gasteiger partial charge in [-0.3, -0.25) is 14.7 Å². The highest BCUT2D eigenvalue weighted by Gasteiger charge is 2.15. The Balaban J connectivity index is 1.81. The van der Waals surface area contributed by atoms with Gasteiger partial charge in [0, 0.05) is 30.0 Å². The highest BCUT2D eigenvalue weighted by atomic mass is 35.5. The molecule has 0 spiro atoms. The van der Waals surface area contributed by atoms with Crippen molar-refractivity contribution in [2.45, 2.75) is 40.0 Å². The minimum Gasteiger partial charge on any atom is -0.345 e. The van der Waals surface area contributed by atoms with Crippen LogP contribution in [0.3, 0.4) is 0 Å². The van der Waals surface area contributed by atoms with Crippen LogP contribution in [0.15, 0.2) is 18.2 Å². The second-order valence-corrected chi connectivity index (χ2v) is 6.88. The summed E-state index contributed by atoms with van der Waals surface area (Å²) in [6.07, 6.45) is 1.48. The number of carbonyl (C=O) groups is 2. The highest BCUT2D eigenvalue weighted by molar-refractivity contribution is 6.31. The van der Waals surface area contributed by atoms with E-state index in [1.54, 1.807) is 30.1 Å². The molecule has 2 aromatic rings. The second kappa shape index (κ2) is 8.85. The largest absolute Gasteiger partial charge is 0.345 e. The zero-order valence-corrected chi connectivity index (χ0v) is 16.4. The molecule has 2 rings (SSSR count). The number of amides is 2. The molecule has 1 aromatic carbocycles. The van der Waals surface area contributed by atoms with Crippen LogP contribution in [0.2, 0.25) is 5.02 Å². The molecular formula is C19H25ClN4O2. The van der Waals surface area contributed by atoms with Crippen molar-refractivity contribution in [3.8, 4) is 0 Å². The maximum absolute atomic E-state index is 12.2. The molecule has 0 aliphatic heterocycles. The molecule has 0 bridgehead atoms. The van der Waals surface area contributed by atoms with E-state index in [-0.39, 0.29) is 18.2 Å². The van der Waals surface area contributed by atoms with Crippen molar-refractivity contribution in [2.75, 3.05) is 18.9 Å². The van der Waals surface area contributed by atoms with Gasteiger partial charge in [-0.1, -0.05) is 17.7 Å². The Labute approximate surface area is 158 Å². The van der Waals surface area contributed by atoms with Crippen molar-refractivity contribution in [3.63, 3.8) is 0 Å². The summed E-state index contributed by atoms with van der Waals surface area (Å²) in [5.74, 6) is -0.545. The number of aryl methyl sites for hydroxylation is 2. The average Bonchev–Trinajstić information content (AvgIpc) is 2.90. The molecule has 0 aliphatic rings. The van der Waals surface area contributed by atoms with Crippen LogP contribution in [0.25, 0.3) is 0 Å². The van der Waals surface area contributed by atoms with Crippen LogP contribution >= 0.6 is 11.6 Å². The molecule has 7 heteroatoms. The number of aromatic amines is 1. The monoisotopic (exact) mass is 376 g/mol. The number of nitrogens with zero attached hydrogens (tertiary/aromatic N) is 2. The summed E-state index contributed by atoms with van der Waals surface area (Å²) in [6.45, 7) is 6.38. The summed E-state index contributed by atoms with van der Waals surface area (Å²) < 4.78 is 0. The number of halogens is 1. The van der Waals surface area contributed by atoms with E-state index in [4.69, 9.17) is 11.6 Å². The molecule has 0 atom stereocenters. The minimum atomic E-state index is -0.339. The smallest absolute Gasteiger partial charge is 0.233 e. The summed E-state index contributed by atoms with van der Waals surface area (Å²) in [5.41, 5.74) is 4.67. The maximum atomic E-state index is 12.2. The van der Waals surface area contributed by atoms with E-state index in [0.29, 0.717) is 17.3 Å². The Morgan fingerprint density at radius 3 is 2.65 bits per heavy atom. The Kier molecular flexibility index (Phi) is 6.80. The van der Waals surface area contributed by atoms with Crippen molar-refractivity contribution in [2.24, 2.45) is 0 Å². The van der Waals surface area contributed by atoms with Gasteiger partial charge in [0.2, 0.25) is 11.8 Å². The molecule has 0 radical (unpaired) electrons. The first kappa shape index (κ1) is 20.0. The van der Waals surface area contributed by atoms with Crippen LogP contribution in [0.5, 0.6) is 0 Å². The molecule has 2 N–H and O–H groups in total. The summed E-state index contributed by atoms with van der Waals surface area (Å²) >= 11 is 6.04. The molecule has 26 heavy (non-hydrogen) atoms. The minimum absolute atomic E-state index is 0.188. The standard InChI is InChI=1S/C19H25ClN4O2/c1-12-16(20)8-5-9-17(12)21-18(25)11-19(26)24(4)10-6-7-15-13(2)22-23-14(15)3/h5,8-9H,6-7,10-11H2,1-4H3,(H,21,25)(H,22,23). The molecule has 140 valence electrons. The van der Waals surface area contributed by atoms with Crippen LogP contribution in [0.1, 0.15) is 35.4 Å². The highest BCUT2D eigenvalue weighted by Crippen LogP contribution is 2.23. The SMILES string of the molecule is Cc1n[nH]c(C)c1CCCN(C)C(=O)CC(=O)Nc1cccc(Cl)c1C. The number of rotatable bonds is 7. The third-order valence-electron chi connectivity index (χ3n) is 4.48. The van der Waals surface area contributed by atoms with Gasteiger partial charge in [-0.2, -0.15) is 5.10 Å². The van der Waals surface area contributed by atoms with Gasteiger partial charge in [0.15, 0.2) is 0 Å². The van der Waals surface area contributed by atoms with Crippen molar-refractivity contribution in [1.29, 1.82) is 0 Å². The Morgan fingerprint density at radius 1 is 1.27 bits per heavy atom. The fraction of sp³-hybridized carbons (Fsp3) is 0.421. The predicted molar refractivity (Wildman–Crippen MR) is 103 cm³/mol. The number of hydrogen-bond acceptors (Lipinski definition) is 3. The number of H-pyrrole nitrogens is 1. The number of hydrogen-bond donors (Lipinski definition) is 2. The number of anilines is 1. The molecule has 1 aromatic heterocycles. The van der Waals surface area contributed by atoms with E-state index in [0.717, 1.165) is 29.8 Å². The number of aromatic nitrogens is 2. The molecule has 2 amide bonds. The van der Waals surface area contributed by atoms with Crippen LogP contribution in [0, 0.1) is 20.8 Å². The van der Waals surface area contributed by atoms with Gasteiger partial charge < -0.3 is 10.2 Å². The Bertz CT molecular complexity index is 781. The van der Waals surface area contributed by atoms with Gasteiger partial charge >= 0.3 is 0 Å². The maximum Gasteiger partial charge on any atom is 0.233 e. The molecule has 0 fully saturated rings. The lowest BCUT2D eigenvalue weighted by Crippen LogP contribution is -2.31. The normalized spacial score (nSPS) is 10.7. The topological polar surface area (TPSA) is 78.1 Å². The number of carbonyl (C=O) groups excluding carboxylic acids is 2. The molecule has 0 aliphatic carbocycles. The van der Waals surface area contributed by atoms with E-state index in [1.165, 1.54) is 5.56 Å². The van der Waals surface area contributed by atoms with E-state index in [9.17, 15) is 9.59 Å². The first-order valence-corrected chi connectivity index (χ1v) is 8.96. The lowest BCUT2D eigenvalue weighted by atomic mass is 10.1. The van der Waals surface area contributed by atoms with Gasteiger partial charge in [0.1, 0.15) is 6.42 Å². The molecule has 1 heterocycles. The van der Waals surface area contributed by atoms with Gasteiger partial charge in [-0.25, -0.2) is 0 Å². The van der Waals surface area contributed by atoms with E-state index in [2.05, 4.69) is 15.5 Å². The lowest BCUT2D eigenvalue weighted by molar-refractivity contribution is -0.133.